The normalized spacial score (nSPS) is 9.25. The summed E-state index contributed by atoms with van der Waals surface area (Å²) >= 11 is 0. The molecule has 1 aromatic rings. The number of ether oxygens (including phenoxy) is 1. The van der Waals surface area contributed by atoms with Crippen LogP contribution in [0.3, 0.4) is 0 Å². The van der Waals surface area contributed by atoms with Crippen molar-refractivity contribution >= 4 is 17.5 Å². The van der Waals surface area contributed by atoms with Crippen LogP contribution in [-0.2, 0) is 9.53 Å². The quantitative estimate of drug-likeness (QED) is 0.717. The summed E-state index contributed by atoms with van der Waals surface area (Å²) in [5.74, 6) is 0.155. The van der Waals surface area contributed by atoms with Crippen LogP contribution in [0.4, 0.5) is 11.5 Å². The number of esters is 1. The lowest BCUT2D eigenvalue weighted by atomic mass is 10.3. The number of methoxy groups -OCH3 is 1. The lowest BCUT2D eigenvalue weighted by Gasteiger charge is -2.07. The number of nitrogens with two attached hydrogens (primary N) is 1. The fraction of sp³-hybridized carbons (Fsp3) is 0.300. The van der Waals surface area contributed by atoms with Crippen molar-refractivity contribution in [1.82, 2.24) is 4.98 Å². The molecule has 0 spiro atoms. The van der Waals surface area contributed by atoms with E-state index in [1.807, 2.05) is 6.07 Å². The maximum atomic E-state index is 10.8. The van der Waals surface area contributed by atoms with Gasteiger partial charge in [0.2, 0.25) is 0 Å². The average Bonchev–Trinajstić information content (AvgIpc) is 2.30. The van der Waals surface area contributed by atoms with Crippen molar-refractivity contribution < 1.29 is 9.53 Å². The predicted octanol–water partition coefficient (Wildman–Crippen LogP) is 0.510. The van der Waals surface area contributed by atoms with Crippen molar-refractivity contribution in [2.75, 3.05) is 24.7 Å². The summed E-state index contributed by atoms with van der Waals surface area (Å²) < 4.78 is 4.48. The van der Waals surface area contributed by atoms with Crippen LogP contribution in [0.25, 0.3) is 0 Å². The van der Waals surface area contributed by atoms with E-state index in [9.17, 15) is 4.79 Å². The molecule has 0 saturated carbocycles. The Labute approximate surface area is 93.0 Å². The Bertz CT molecular complexity index is 425. The van der Waals surface area contributed by atoms with Gasteiger partial charge < -0.3 is 15.8 Å². The van der Waals surface area contributed by atoms with Crippen molar-refractivity contribution in [3.8, 4) is 6.07 Å². The van der Waals surface area contributed by atoms with E-state index in [2.05, 4.69) is 15.0 Å². The first-order valence-corrected chi connectivity index (χ1v) is 4.63. The van der Waals surface area contributed by atoms with Gasteiger partial charge in [-0.1, -0.05) is 0 Å². The maximum absolute atomic E-state index is 10.8. The van der Waals surface area contributed by atoms with E-state index in [0.717, 1.165) is 0 Å². The average molecular weight is 220 g/mol. The van der Waals surface area contributed by atoms with E-state index in [0.29, 0.717) is 23.6 Å². The van der Waals surface area contributed by atoms with Crippen LogP contribution in [0.1, 0.15) is 12.0 Å². The SMILES string of the molecule is COC(=O)CCNc1ncc(C#N)cc1N. The molecule has 0 saturated heterocycles. The summed E-state index contributed by atoms with van der Waals surface area (Å²) in [7, 11) is 1.33. The molecule has 0 atom stereocenters. The standard InChI is InChI=1S/C10H12N4O2/c1-16-9(15)2-3-13-10-8(12)4-7(5-11)6-14-10/h4,6H,2-3,12H2,1H3,(H,13,14). The van der Waals surface area contributed by atoms with Gasteiger partial charge in [-0.05, 0) is 6.07 Å². The molecule has 0 fully saturated rings. The zero-order valence-electron chi connectivity index (χ0n) is 8.86. The van der Waals surface area contributed by atoms with Crippen LogP contribution in [0.15, 0.2) is 12.3 Å². The minimum Gasteiger partial charge on any atom is -0.469 e. The largest absolute Gasteiger partial charge is 0.469 e. The number of nitrogens with one attached hydrogen (secondary N) is 1. The zero-order chi connectivity index (χ0) is 12.0. The Morgan fingerprint density at radius 3 is 3.06 bits per heavy atom. The number of anilines is 2. The van der Waals surface area contributed by atoms with Gasteiger partial charge in [-0.25, -0.2) is 4.98 Å². The number of carbonyl (C=O) groups excluding carboxylic acids is 1. The second kappa shape index (κ2) is 5.56. The molecule has 1 heterocycles. The summed E-state index contributed by atoms with van der Waals surface area (Å²) in [5.41, 5.74) is 6.43. The molecule has 84 valence electrons. The Balaban J connectivity index is 2.55. The minimum atomic E-state index is -0.306. The van der Waals surface area contributed by atoms with Gasteiger partial charge in [-0.3, -0.25) is 4.79 Å². The second-order valence-electron chi connectivity index (χ2n) is 3.03. The molecule has 0 radical (unpaired) electrons. The van der Waals surface area contributed by atoms with Crippen molar-refractivity contribution in [2.45, 2.75) is 6.42 Å². The lowest BCUT2D eigenvalue weighted by molar-refractivity contribution is -0.140. The lowest BCUT2D eigenvalue weighted by Crippen LogP contribution is -2.11. The van der Waals surface area contributed by atoms with Gasteiger partial charge in [0.05, 0.1) is 24.8 Å². The van der Waals surface area contributed by atoms with E-state index < -0.39 is 0 Å². The first-order valence-electron chi connectivity index (χ1n) is 4.63. The number of pyridine rings is 1. The first kappa shape index (κ1) is 11.8. The third-order valence-electron chi connectivity index (χ3n) is 1.90. The van der Waals surface area contributed by atoms with Gasteiger partial charge in [0.25, 0.3) is 0 Å². The summed E-state index contributed by atoms with van der Waals surface area (Å²) in [6.45, 7) is 0.385. The third-order valence-corrected chi connectivity index (χ3v) is 1.90. The Kier molecular flexibility index (Phi) is 4.09. The third kappa shape index (κ3) is 3.13. The van der Waals surface area contributed by atoms with E-state index in [-0.39, 0.29) is 12.4 Å². The molecule has 0 amide bonds. The number of nitrogens with zero attached hydrogens (tertiary/aromatic N) is 2. The number of nitrogen functional groups attached to an aromatic ring is 1. The minimum absolute atomic E-state index is 0.234. The van der Waals surface area contributed by atoms with Gasteiger partial charge in [0, 0.05) is 12.7 Å². The fourth-order valence-corrected chi connectivity index (χ4v) is 1.08. The van der Waals surface area contributed by atoms with Crippen LogP contribution >= 0.6 is 0 Å². The van der Waals surface area contributed by atoms with E-state index in [4.69, 9.17) is 11.0 Å². The molecule has 6 nitrogen and oxygen atoms in total. The first-order chi connectivity index (χ1) is 7.67. The van der Waals surface area contributed by atoms with Crippen molar-refractivity contribution in [2.24, 2.45) is 0 Å². The van der Waals surface area contributed by atoms with Crippen molar-refractivity contribution in [3.63, 3.8) is 0 Å². The molecule has 3 N–H and O–H groups in total. The van der Waals surface area contributed by atoms with Gasteiger partial charge in [0.1, 0.15) is 11.9 Å². The molecule has 0 aliphatic carbocycles. The van der Waals surface area contributed by atoms with Gasteiger partial charge >= 0.3 is 5.97 Å². The number of hydrogen-bond donors (Lipinski definition) is 2. The molecule has 0 aromatic carbocycles. The molecule has 1 rings (SSSR count). The number of hydrogen-bond acceptors (Lipinski definition) is 6. The molecule has 0 aliphatic heterocycles. The topological polar surface area (TPSA) is 101 Å². The highest BCUT2D eigenvalue weighted by Gasteiger charge is 2.03. The fourth-order valence-electron chi connectivity index (χ4n) is 1.08. The van der Waals surface area contributed by atoms with Crippen LogP contribution < -0.4 is 11.1 Å². The van der Waals surface area contributed by atoms with Crippen molar-refractivity contribution in [1.29, 1.82) is 5.26 Å². The number of nitriles is 1. The number of aromatic nitrogens is 1. The van der Waals surface area contributed by atoms with E-state index in [1.165, 1.54) is 19.4 Å². The summed E-state index contributed by atoms with van der Waals surface area (Å²) in [4.78, 5) is 14.8. The van der Waals surface area contributed by atoms with E-state index in [1.54, 1.807) is 0 Å². The Morgan fingerprint density at radius 2 is 2.50 bits per heavy atom. The maximum Gasteiger partial charge on any atom is 0.307 e. The van der Waals surface area contributed by atoms with Gasteiger partial charge in [-0.15, -0.1) is 0 Å². The molecule has 16 heavy (non-hydrogen) atoms. The Hall–Kier alpha value is -2.29. The smallest absolute Gasteiger partial charge is 0.307 e. The van der Waals surface area contributed by atoms with Crippen LogP contribution in [0, 0.1) is 11.3 Å². The molecule has 6 heteroatoms. The highest BCUT2D eigenvalue weighted by atomic mass is 16.5. The molecular formula is C10H12N4O2. The predicted molar refractivity (Wildman–Crippen MR) is 58.5 cm³/mol. The zero-order valence-corrected chi connectivity index (χ0v) is 8.86. The number of carbonyl (C=O) groups is 1. The number of rotatable bonds is 4. The molecule has 0 unspecified atom stereocenters. The Morgan fingerprint density at radius 1 is 1.75 bits per heavy atom. The monoisotopic (exact) mass is 220 g/mol. The summed E-state index contributed by atoms with van der Waals surface area (Å²) in [5, 5.41) is 11.5. The molecule has 0 bridgehead atoms. The summed E-state index contributed by atoms with van der Waals surface area (Å²) in [6.07, 6.45) is 1.65. The van der Waals surface area contributed by atoms with Crippen LogP contribution in [-0.4, -0.2) is 24.6 Å². The highest BCUT2D eigenvalue weighted by Crippen LogP contribution is 2.15. The van der Waals surface area contributed by atoms with E-state index >= 15 is 0 Å². The van der Waals surface area contributed by atoms with Gasteiger partial charge in [0.15, 0.2) is 0 Å². The van der Waals surface area contributed by atoms with Crippen LogP contribution in [0.2, 0.25) is 0 Å². The highest BCUT2D eigenvalue weighted by molar-refractivity contribution is 5.70. The molecule has 1 aromatic heterocycles. The second-order valence-corrected chi connectivity index (χ2v) is 3.03. The summed E-state index contributed by atoms with van der Waals surface area (Å²) in [6, 6.07) is 3.46. The molecular weight excluding hydrogens is 208 g/mol. The van der Waals surface area contributed by atoms with Crippen LogP contribution in [0.5, 0.6) is 0 Å². The van der Waals surface area contributed by atoms with Gasteiger partial charge in [-0.2, -0.15) is 5.26 Å². The molecule has 0 aliphatic rings. The van der Waals surface area contributed by atoms with Crippen molar-refractivity contribution in [3.05, 3.63) is 17.8 Å².